The van der Waals surface area contributed by atoms with Crippen molar-refractivity contribution in [2.45, 2.75) is 18.1 Å². The summed E-state index contributed by atoms with van der Waals surface area (Å²) in [5.74, 6) is -0.178. The fourth-order valence-electron chi connectivity index (χ4n) is 3.50. The predicted molar refractivity (Wildman–Crippen MR) is 94.9 cm³/mol. The van der Waals surface area contributed by atoms with Gasteiger partial charge in [0.25, 0.3) is 5.91 Å². The standard InChI is InChI=1S/C17H22N4O2S/c1-20(2)17(12-6-4-3-5-7-12)8-9-21(10-14(17)22)15(23)13-11-24-16(18)19-13/h3-7,11,14,22H,8-10H2,1-2H3,(H2,18,19)/t14-,17+/m1/s1. The number of carbonyl (C=O) groups excluding carboxylic acids is 1. The number of rotatable bonds is 3. The molecular weight excluding hydrogens is 324 g/mol. The summed E-state index contributed by atoms with van der Waals surface area (Å²) < 4.78 is 0. The van der Waals surface area contributed by atoms with Crippen LogP contribution in [0, 0.1) is 0 Å². The number of nitrogens with two attached hydrogens (primary N) is 1. The Balaban J connectivity index is 1.84. The van der Waals surface area contributed by atoms with E-state index in [2.05, 4.69) is 9.88 Å². The van der Waals surface area contributed by atoms with Crippen LogP contribution in [0.3, 0.4) is 0 Å². The SMILES string of the molecule is CN(C)[C@]1(c2ccccc2)CCN(C(=O)c2csc(N)n2)C[C@H]1O. The highest BCUT2D eigenvalue weighted by atomic mass is 32.1. The van der Waals surface area contributed by atoms with Crippen molar-refractivity contribution in [3.05, 3.63) is 47.0 Å². The van der Waals surface area contributed by atoms with Gasteiger partial charge in [-0.15, -0.1) is 11.3 Å². The van der Waals surface area contributed by atoms with E-state index in [0.717, 1.165) is 5.56 Å². The first-order valence-corrected chi connectivity index (χ1v) is 8.74. The van der Waals surface area contributed by atoms with E-state index < -0.39 is 11.6 Å². The van der Waals surface area contributed by atoms with E-state index in [1.54, 1.807) is 10.3 Å². The fraction of sp³-hybridized carbons (Fsp3) is 0.412. The second kappa shape index (κ2) is 6.51. The van der Waals surface area contributed by atoms with Crippen molar-refractivity contribution in [1.29, 1.82) is 0 Å². The van der Waals surface area contributed by atoms with Crippen LogP contribution in [0.5, 0.6) is 0 Å². The molecule has 7 heteroatoms. The molecule has 2 aromatic rings. The molecule has 0 aliphatic carbocycles. The number of nitrogen functional groups attached to an aromatic ring is 1. The molecule has 6 nitrogen and oxygen atoms in total. The Bertz CT molecular complexity index is 718. The van der Waals surface area contributed by atoms with Crippen molar-refractivity contribution < 1.29 is 9.90 Å². The highest BCUT2D eigenvalue weighted by molar-refractivity contribution is 7.13. The predicted octanol–water partition coefficient (Wildman–Crippen LogP) is 1.39. The van der Waals surface area contributed by atoms with E-state index in [1.807, 2.05) is 44.4 Å². The number of carbonyl (C=O) groups is 1. The number of aliphatic hydroxyl groups excluding tert-OH is 1. The zero-order chi connectivity index (χ0) is 17.3. The normalized spacial score (nSPS) is 24.3. The monoisotopic (exact) mass is 346 g/mol. The summed E-state index contributed by atoms with van der Waals surface area (Å²) in [6.45, 7) is 0.823. The third-order valence-corrected chi connectivity index (χ3v) is 5.48. The molecule has 3 rings (SSSR count). The zero-order valence-corrected chi connectivity index (χ0v) is 14.7. The minimum atomic E-state index is -0.691. The van der Waals surface area contributed by atoms with Gasteiger partial charge in [-0.3, -0.25) is 9.69 Å². The van der Waals surface area contributed by atoms with Crippen LogP contribution >= 0.6 is 11.3 Å². The van der Waals surface area contributed by atoms with Crippen molar-refractivity contribution in [3.8, 4) is 0 Å². The van der Waals surface area contributed by atoms with E-state index in [9.17, 15) is 9.90 Å². The van der Waals surface area contributed by atoms with E-state index >= 15 is 0 Å². The van der Waals surface area contributed by atoms with E-state index in [0.29, 0.717) is 23.8 Å². The lowest BCUT2D eigenvalue weighted by Crippen LogP contribution is -2.60. The highest BCUT2D eigenvalue weighted by Gasteiger charge is 2.46. The van der Waals surface area contributed by atoms with Crippen LogP contribution < -0.4 is 5.73 Å². The van der Waals surface area contributed by atoms with Crippen molar-refractivity contribution >= 4 is 22.4 Å². The maximum Gasteiger partial charge on any atom is 0.273 e. The molecule has 0 saturated carbocycles. The zero-order valence-electron chi connectivity index (χ0n) is 13.8. The molecule has 3 N–H and O–H groups in total. The molecule has 24 heavy (non-hydrogen) atoms. The van der Waals surface area contributed by atoms with Gasteiger partial charge in [-0.1, -0.05) is 30.3 Å². The summed E-state index contributed by atoms with van der Waals surface area (Å²) in [5, 5.41) is 13.0. The first-order valence-electron chi connectivity index (χ1n) is 7.86. The first-order chi connectivity index (χ1) is 11.4. The van der Waals surface area contributed by atoms with Gasteiger partial charge in [0.05, 0.1) is 11.6 Å². The topological polar surface area (TPSA) is 82.7 Å². The number of anilines is 1. The molecular formula is C17H22N4O2S. The van der Waals surface area contributed by atoms with Gasteiger partial charge in [-0.2, -0.15) is 0 Å². The minimum Gasteiger partial charge on any atom is -0.389 e. The lowest BCUT2D eigenvalue weighted by atomic mass is 9.77. The number of aromatic nitrogens is 1. The number of aliphatic hydroxyl groups is 1. The maximum atomic E-state index is 12.6. The van der Waals surface area contributed by atoms with Gasteiger partial charge in [0, 0.05) is 18.5 Å². The molecule has 1 aliphatic rings. The van der Waals surface area contributed by atoms with E-state index in [-0.39, 0.29) is 12.5 Å². The molecule has 1 saturated heterocycles. The number of amides is 1. The number of piperidine rings is 1. The lowest BCUT2D eigenvalue weighted by molar-refractivity contribution is -0.0613. The molecule has 2 heterocycles. The van der Waals surface area contributed by atoms with E-state index in [4.69, 9.17) is 5.73 Å². The van der Waals surface area contributed by atoms with Gasteiger partial charge in [-0.05, 0) is 26.1 Å². The Labute approximate surface area is 145 Å². The number of hydrogen-bond acceptors (Lipinski definition) is 6. The summed E-state index contributed by atoms with van der Waals surface area (Å²) in [6.07, 6.45) is -0.0418. The Morgan fingerprint density at radius 2 is 2.12 bits per heavy atom. The van der Waals surface area contributed by atoms with Crippen molar-refractivity contribution in [2.24, 2.45) is 0 Å². The van der Waals surface area contributed by atoms with Crippen LogP contribution in [0.4, 0.5) is 5.13 Å². The highest BCUT2D eigenvalue weighted by Crippen LogP contribution is 2.38. The first kappa shape index (κ1) is 16.9. The molecule has 0 unspecified atom stereocenters. The number of benzene rings is 1. The molecule has 1 aromatic carbocycles. The van der Waals surface area contributed by atoms with Crippen LogP contribution in [0.2, 0.25) is 0 Å². The van der Waals surface area contributed by atoms with Crippen molar-refractivity contribution in [2.75, 3.05) is 32.9 Å². The van der Waals surface area contributed by atoms with Gasteiger partial charge >= 0.3 is 0 Å². The minimum absolute atomic E-state index is 0.178. The quantitative estimate of drug-likeness (QED) is 0.878. The fourth-order valence-corrected chi connectivity index (χ4v) is 4.04. The molecule has 1 fully saturated rings. The van der Waals surface area contributed by atoms with Crippen LogP contribution in [0.1, 0.15) is 22.5 Å². The number of likely N-dealkylation sites (tertiary alicyclic amines) is 1. The maximum absolute atomic E-state index is 12.6. The van der Waals surface area contributed by atoms with Crippen molar-refractivity contribution in [1.82, 2.24) is 14.8 Å². The van der Waals surface area contributed by atoms with Gasteiger partial charge in [0.1, 0.15) is 5.69 Å². The van der Waals surface area contributed by atoms with Gasteiger partial charge in [0.15, 0.2) is 5.13 Å². The second-order valence-corrected chi connectivity index (χ2v) is 7.16. The molecule has 1 aliphatic heterocycles. The Kier molecular flexibility index (Phi) is 4.58. The summed E-state index contributed by atoms with van der Waals surface area (Å²) in [7, 11) is 3.93. The molecule has 0 spiro atoms. The Hall–Kier alpha value is -1.96. The largest absolute Gasteiger partial charge is 0.389 e. The molecule has 1 aromatic heterocycles. The third-order valence-electron chi connectivity index (χ3n) is 4.81. The Morgan fingerprint density at radius 3 is 2.67 bits per heavy atom. The summed E-state index contributed by atoms with van der Waals surface area (Å²) in [6, 6.07) is 9.97. The number of nitrogens with zero attached hydrogens (tertiary/aromatic N) is 3. The molecule has 0 radical (unpaired) electrons. The second-order valence-electron chi connectivity index (χ2n) is 6.27. The van der Waals surface area contributed by atoms with Crippen LogP contribution in [0.25, 0.3) is 0 Å². The number of hydrogen-bond donors (Lipinski definition) is 2. The van der Waals surface area contributed by atoms with Gasteiger partial charge < -0.3 is 15.7 Å². The number of thiazole rings is 1. The average Bonchev–Trinajstić information content (AvgIpc) is 3.01. The van der Waals surface area contributed by atoms with Gasteiger partial charge in [0.2, 0.25) is 0 Å². The lowest BCUT2D eigenvalue weighted by Gasteiger charge is -2.49. The van der Waals surface area contributed by atoms with Gasteiger partial charge in [-0.25, -0.2) is 4.98 Å². The Morgan fingerprint density at radius 1 is 1.42 bits per heavy atom. The van der Waals surface area contributed by atoms with Crippen molar-refractivity contribution in [3.63, 3.8) is 0 Å². The van der Waals surface area contributed by atoms with Crippen LogP contribution in [-0.2, 0) is 5.54 Å². The third kappa shape index (κ3) is 2.79. The number of likely N-dealkylation sites (N-methyl/N-ethyl adjacent to an activating group) is 1. The summed E-state index contributed by atoms with van der Waals surface area (Å²) in [4.78, 5) is 20.3. The van der Waals surface area contributed by atoms with E-state index in [1.165, 1.54) is 11.3 Å². The molecule has 2 atom stereocenters. The molecule has 0 bridgehead atoms. The smallest absolute Gasteiger partial charge is 0.273 e. The van der Waals surface area contributed by atoms with Crippen LogP contribution in [0.15, 0.2) is 35.7 Å². The number of β-amino-alcohol motifs (C(OH)–C–C–N with tert-alkyl or cyclic N) is 1. The summed E-state index contributed by atoms with van der Waals surface area (Å²) >= 11 is 1.25. The van der Waals surface area contributed by atoms with Crippen LogP contribution in [-0.4, -0.2) is 59.1 Å². The summed E-state index contributed by atoms with van der Waals surface area (Å²) in [5.41, 5.74) is 6.52. The average molecular weight is 346 g/mol. The molecule has 1 amide bonds. The molecule has 128 valence electrons.